The number of rotatable bonds is 12. The molecule has 0 spiro atoms. The Hall–Kier alpha value is -3.81. The summed E-state index contributed by atoms with van der Waals surface area (Å²) in [6.45, 7) is 6.78. The van der Waals surface area contributed by atoms with Gasteiger partial charge in [-0.25, -0.2) is 18.4 Å². The van der Waals surface area contributed by atoms with Crippen LogP contribution in [0.3, 0.4) is 0 Å². The van der Waals surface area contributed by atoms with Gasteiger partial charge in [-0.05, 0) is 51.5 Å². The number of anilines is 1. The molecule has 0 saturated carbocycles. The molecule has 0 fully saturated rings. The Balaban J connectivity index is 2.11. The number of nitrogens with zero attached hydrogens (tertiary/aromatic N) is 4. The topological polar surface area (TPSA) is 142 Å². The molecule has 39 heavy (non-hydrogen) atoms. The minimum Gasteiger partial charge on any atom is -0.494 e. The van der Waals surface area contributed by atoms with E-state index in [4.69, 9.17) is 18.9 Å². The van der Waals surface area contributed by atoms with E-state index in [-0.39, 0.29) is 40.4 Å². The maximum Gasteiger partial charge on any atom is 0.275 e. The lowest BCUT2D eigenvalue weighted by atomic mass is 10.2. The van der Waals surface area contributed by atoms with Gasteiger partial charge < -0.3 is 18.9 Å². The third-order valence-corrected chi connectivity index (χ3v) is 7.32. The Bertz CT molecular complexity index is 1360. The summed E-state index contributed by atoms with van der Waals surface area (Å²) in [4.78, 5) is 28.7. The van der Waals surface area contributed by atoms with Gasteiger partial charge in [0.25, 0.3) is 5.91 Å². The lowest BCUT2D eigenvalue weighted by Crippen LogP contribution is -2.51. The highest BCUT2D eigenvalue weighted by molar-refractivity contribution is 7.90. The summed E-state index contributed by atoms with van der Waals surface area (Å²) in [5.41, 5.74) is 1.20. The van der Waals surface area contributed by atoms with Crippen LogP contribution in [0.5, 0.6) is 17.4 Å². The first-order valence-electron chi connectivity index (χ1n) is 12.0. The van der Waals surface area contributed by atoms with Crippen LogP contribution < -0.4 is 24.1 Å². The van der Waals surface area contributed by atoms with Crippen LogP contribution in [0.1, 0.15) is 48.5 Å². The van der Waals surface area contributed by atoms with Crippen LogP contribution in [-0.2, 0) is 14.8 Å². The van der Waals surface area contributed by atoms with Crippen LogP contribution in [0.4, 0.5) is 5.69 Å². The number of para-hydroxylation sites is 1. The van der Waals surface area contributed by atoms with Crippen LogP contribution in [0.2, 0.25) is 0 Å². The molecule has 2 heterocycles. The van der Waals surface area contributed by atoms with Gasteiger partial charge in [-0.1, -0.05) is 6.07 Å². The SMILES string of the molecule is COc1cnc([C@H](OC(C)C)[C@H](C)S(=O)(=O)NN(C(=O)c2cncc(C)c2)c2c(OC)cccc2OC)cn1. The van der Waals surface area contributed by atoms with Gasteiger partial charge in [0.1, 0.15) is 28.5 Å². The Kier molecular flexibility index (Phi) is 9.78. The fourth-order valence-electron chi connectivity index (χ4n) is 3.71. The van der Waals surface area contributed by atoms with Gasteiger partial charge in [0.15, 0.2) is 0 Å². The predicted octanol–water partition coefficient (Wildman–Crippen LogP) is 3.24. The third kappa shape index (κ3) is 6.99. The lowest BCUT2D eigenvalue weighted by molar-refractivity contribution is 0.00362. The Labute approximate surface area is 228 Å². The van der Waals surface area contributed by atoms with Gasteiger partial charge >= 0.3 is 0 Å². The molecule has 1 N–H and O–H groups in total. The number of pyridine rings is 1. The molecule has 0 aliphatic carbocycles. The second-order valence-corrected chi connectivity index (χ2v) is 10.8. The first-order chi connectivity index (χ1) is 18.5. The van der Waals surface area contributed by atoms with Gasteiger partial charge in [0.05, 0.1) is 51.1 Å². The van der Waals surface area contributed by atoms with E-state index in [9.17, 15) is 13.2 Å². The van der Waals surface area contributed by atoms with Crippen molar-refractivity contribution in [2.75, 3.05) is 26.3 Å². The maximum absolute atomic E-state index is 13.9. The summed E-state index contributed by atoms with van der Waals surface area (Å²) >= 11 is 0. The van der Waals surface area contributed by atoms with E-state index < -0.39 is 27.3 Å². The van der Waals surface area contributed by atoms with Gasteiger partial charge in [-0.2, -0.15) is 0 Å². The molecule has 0 bridgehead atoms. The predicted molar refractivity (Wildman–Crippen MR) is 144 cm³/mol. The Morgan fingerprint density at radius 1 is 0.949 bits per heavy atom. The van der Waals surface area contributed by atoms with Crippen molar-refractivity contribution >= 4 is 21.6 Å². The largest absolute Gasteiger partial charge is 0.494 e. The number of amides is 1. The summed E-state index contributed by atoms with van der Waals surface area (Å²) in [7, 11) is -0.0734. The number of ether oxygens (including phenoxy) is 4. The van der Waals surface area contributed by atoms with Gasteiger partial charge in [0, 0.05) is 12.4 Å². The number of hydrazine groups is 1. The summed E-state index contributed by atoms with van der Waals surface area (Å²) < 4.78 is 49.7. The van der Waals surface area contributed by atoms with Gasteiger partial charge in [-0.15, -0.1) is 4.83 Å². The lowest BCUT2D eigenvalue weighted by Gasteiger charge is -2.30. The monoisotopic (exact) mass is 559 g/mol. The molecule has 0 aliphatic rings. The van der Waals surface area contributed by atoms with E-state index in [2.05, 4.69) is 19.8 Å². The highest BCUT2D eigenvalue weighted by Gasteiger charge is 2.37. The molecular weight excluding hydrogens is 526 g/mol. The number of carbonyl (C=O) groups is 1. The third-order valence-electron chi connectivity index (χ3n) is 5.65. The first-order valence-corrected chi connectivity index (χ1v) is 13.6. The number of aromatic nitrogens is 3. The standard InChI is InChI=1S/C26H33N5O7S/c1-16(2)38-25(20-14-29-23(37-7)15-28-20)18(4)39(33,34)30-31(26(32)19-11-17(3)12-27-13-19)24-21(35-5)9-8-10-22(24)36-6/h8-16,18,25,30H,1-7H3/t18-,25+/m0/s1. The fraction of sp³-hybridized carbons (Fsp3) is 0.385. The number of hydrogen-bond acceptors (Lipinski definition) is 10. The summed E-state index contributed by atoms with van der Waals surface area (Å²) in [5.74, 6) is -0.0258. The number of carbonyl (C=O) groups excluding carboxylic acids is 1. The van der Waals surface area contributed by atoms with E-state index in [1.54, 1.807) is 51.2 Å². The molecule has 0 aliphatic heterocycles. The molecule has 1 amide bonds. The minimum absolute atomic E-state index is 0.0651. The fourth-order valence-corrected chi connectivity index (χ4v) is 4.83. The smallest absolute Gasteiger partial charge is 0.275 e. The number of methoxy groups -OCH3 is 3. The minimum atomic E-state index is -4.33. The molecule has 12 nitrogen and oxygen atoms in total. The number of aryl methyl sites for hydroxylation is 1. The number of hydrogen-bond donors (Lipinski definition) is 1. The maximum atomic E-state index is 13.9. The molecule has 0 saturated heterocycles. The van der Waals surface area contributed by atoms with Crippen molar-refractivity contribution in [3.8, 4) is 17.4 Å². The van der Waals surface area contributed by atoms with Crippen molar-refractivity contribution < 1.29 is 32.2 Å². The van der Waals surface area contributed by atoms with E-state index in [0.29, 0.717) is 5.56 Å². The molecule has 2 aromatic heterocycles. The van der Waals surface area contributed by atoms with Gasteiger partial charge in [-0.3, -0.25) is 14.8 Å². The zero-order valence-electron chi connectivity index (χ0n) is 22.9. The number of nitrogens with one attached hydrogen (secondary N) is 1. The molecule has 13 heteroatoms. The van der Waals surface area contributed by atoms with E-state index in [1.807, 2.05) is 0 Å². The zero-order valence-corrected chi connectivity index (χ0v) is 23.7. The molecule has 0 radical (unpaired) electrons. The highest BCUT2D eigenvalue weighted by atomic mass is 32.2. The average Bonchev–Trinajstić information content (AvgIpc) is 2.93. The van der Waals surface area contributed by atoms with E-state index in [1.165, 1.54) is 46.8 Å². The van der Waals surface area contributed by atoms with Crippen LogP contribution >= 0.6 is 0 Å². The molecule has 210 valence electrons. The Morgan fingerprint density at radius 3 is 2.13 bits per heavy atom. The van der Waals surface area contributed by atoms with Crippen molar-refractivity contribution in [1.29, 1.82) is 0 Å². The summed E-state index contributed by atoms with van der Waals surface area (Å²) in [6.07, 6.45) is 4.32. The average molecular weight is 560 g/mol. The van der Waals surface area contributed by atoms with Crippen molar-refractivity contribution in [1.82, 2.24) is 19.8 Å². The quantitative estimate of drug-likeness (QED) is 0.329. The van der Waals surface area contributed by atoms with Crippen LogP contribution in [0, 0.1) is 6.92 Å². The van der Waals surface area contributed by atoms with Crippen molar-refractivity contribution in [2.45, 2.75) is 45.2 Å². The van der Waals surface area contributed by atoms with Gasteiger partial charge in [0.2, 0.25) is 15.9 Å². The van der Waals surface area contributed by atoms with E-state index in [0.717, 1.165) is 5.01 Å². The first kappa shape index (κ1) is 29.7. The van der Waals surface area contributed by atoms with E-state index >= 15 is 0 Å². The van der Waals surface area contributed by atoms with Crippen LogP contribution in [0.15, 0.2) is 49.1 Å². The second kappa shape index (κ2) is 12.8. The number of benzene rings is 1. The second-order valence-electron chi connectivity index (χ2n) is 8.83. The van der Waals surface area contributed by atoms with Crippen molar-refractivity contribution in [3.05, 3.63) is 65.9 Å². The van der Waals surface area contributed by atoms with Crippen molar-refractivity contribution in [2.24, 2.45) is 0 Å². The zero-order chi connectivity index (χ0) is 28.7. The molecule has 2 atom stereocenters. The molecule has 3 rings (SSSR count). The molecule has 0 unspecified atom stereocenters. The summed E-state index contributed by atoms with van der Waals surface area (Å²) in [6, 6.07) is 6.42. The van der Waals surface area contributed by atoms with Crippen LogP contribution in [0.25, 0.3) is 0 Å². The summed E-state index contributed by atoms with van der Waals surface area (Å²) in [5, 5.41) is -0.347. The van der Waals surface area contributed by atoms with Crippen LogP contribution in [-0.4, -0.2) is 62.0 Å². The molecule has 1 aromatic carbocycles. The van der Waals surface area contributed by atoms with Crippen molar-refractivity contribution in [3.63, 3.8) is 0 Å². The highest BCUT2D eigenvalue weighted by Crippen LogP contribution is 2.38. The molecular formula is C26H33N5O7S. The Morgan fingerprint density at radius 2 is 1.62 bits per heavy atom. The normalized spacial score (nSPS) is 13.0. The number of sulfonamides is 1. The molecule has 3 aromatic rings.